The fraction of sp³-hybridized carbons (Fsp3) is 0.200. The zero-order valence-electron chi connectivity index (χ0n) is 8.65. The molecule has 7 heteroatoms. The summed E-state index contributed by atoms with van der Waals surface area (Å²) >= 11 is 0. The molecule has 0 aliphatic rings. The molecule has 17 heavy (non-hydrogen) atoms. The van der Waals surface area contributed by atoms with Crippen molar-refractivity contribution in [3.05, 3.63) is 41.9 Å². The van der Waals surface area contributed by atoms with Crippen molar-refractivity contribution in [2.75, 3.05) is 0 Å². The molecule has 0 aromatic carbocycles. The van der Waals surface area contributed by atoms with Crippen molar-refractivity contribution in [3.63, 3.8) is 0 Å². The van der Waals surface area contributed by atoms with Crippen molar-refractivity contribution >= 4 is 0 Å². The maximum absolute atomic E-state index is 12.5. The molecule has 0 aliphatic heterocycles. The van der Waals surface area contributed by atoms with Crippen LogP contribution in [0.1, 0.15) is 11.3 Å². The Hall–Kier alpha value is -1.89. The number of alkyl halides is 3. The fourth-order valence-electron chi connectivity index (χ4n) is 1.39. The third kappa shape index (κ3) is 2.28. The van der Waals surface area contributed by atoms with E-state index in [2.05, 4.69) is 10.1 Å². The van der Waals surface area contributed by atoms with Gasteiger partial charge in [0, 0.05) is 24.5 Å². The Labute approximate surface area is 94.9 Å². The highest BCUT2D eigenvalue weighted by molar-refractivity contribution is 5.35. The Morgan fingerprint density at radius 1 is 1.29 bits per heavy atom. The molecule has 0 spiro atoms. The van der Waals surface area contributed by atoms with Crippen LogP contribution in [-0.4, -0.2) is 14.8 Å². The van der Waals surface area contributed by atoms with Crippen molar-refractivity contribution in [3.8, 4) is 5.82 Å². The predicted molar refractivity (Wildman–Crippen MR) is 54.3 cm³/mol. The van der Waals surface area contributed by atoms with Crippen LogP contribution in [0.25, 0.3) is 5.82 Å². The van der Waals surface area contributed by atoms with Crippen LogP contribution < -0.4 is 5.73 Å². The molecule has 0 saturated heterocycles. The Balaban J connectivity index is 2.55. The Morgan fingerprint density at radius 3 is 2.59 bits per heavy atom. The minimum absolute atomic E-state index is 0.0976. The molecule has 2 aromatic heterocycles. The van der Waals surface area contributed by atoms with Crippen LogP contribution in [0.5, 0.6) is 0 Å². The largest absolute Gasteiger partial charge is 0.433 e. The van der Waals surface area contributed by atoms with E-state index in [0.717, 1.165) is 6.07 Å². The van der Waals surface area contributed by atoms with Crippen LogP contribution in [0, 0.1) is 0 Å². The fourth-order valence-corrected chi connectivity index (χ4v) is 1.39. The lowest BCUT2D eigenvalue weighted by Gasteiger charge is -2.11. The summed E-state index contributed by atoms with van der Waals surface area (Å²) in [7, 11) is 0. The summed E-state index contributed by atoms with van der Waals surface area (Å²) < 4.78 is 38.8. The molecule has 0 unspecified atom stereocenters. The first-order valence-electron chi connectivity index (χ1n) is 4.79. The standard InChI is InChI=1S/C10H9F3N4/c11-10(12,13)8-3-2-7(6-14)9(16-8)17-5-1-4-15-17/h1-5H,6,14H2. The molecule has 2 N–H and O–H groups in total. The van der Waals surface area contributed by atoms with Gasteiger partial charge in [-0.1, -0.05) is 6.07 Å². The molecular weight excluding hydrogens is 233 g/mol. The molecule has 2 aromatic rings. The first-order valence-corrected chi connectivity index (χ1v) is 4.79. The van der Waals surface area contributed by atoms with Crippen molar-refractivity contribution in [1.82, 2.24) is 14.8 Å². The van der Waals surface area contributed by atoms with Gasteiger partial charge in [-0.15, -0.1) is 0 Å². The van der Waals surface area contributed by atoms with E-state index < -0.39 is 11.9 Å². The average molecular weight is 242 g/mol. The highest BCUT2D eigenvalue weighted by Gasteiger charge is 2.33. The van der Waals surface area contributed by atoms with Gasteiger partial charge in [0.25, 0.3) is 0 Å². The van der Waals surface area contributed by atoms with Crippen LogP contribution >= 0.6 is 0 Å². The van der Waals surface area contributed by atoms with Gasteiger partial charge in [0.05, 0.1) is 0 Å². The van der Waals surface area contributed by atoms with E-state index in [4.69, 9.17) is 5.73 Å². The zero-order chi connectivity index (χ0) is 12.5. The molecule has 0 saturated carbocycles. The number of halogens is 3. The zero-order valence-corrected chi connectivity index (χ0v) is 8.65. The number of hydrogen-bond donors (Lipinski definition) is 1. The maximum Gasteiger partial charge on any atom is 0.433 e. The van der Waals surface area contributed by atoms with Gasteiger partial charge in [0.1, 0.15) is 5.69 Å². The highest BCUT2D eigenvalue weighted by Crippen LogP contribution is 2.28. The van der Waals surface area contributed by atoms with E-state index in [0.29, 0.717) is 5.56 Å². The monoisotopic (exact) mass is 242 g/mol. The van der Waals surface area contributed by atoms with Crippen molar-refractivity contribution in [2.45, 2.75) is 12.7 Å². The van der Waals surface area contributed by atoms with Gasteiger partial charge in [-0.25, -0.2) is 9.67 Å². The van der Waals surface area contributed by atoms with Gasteiger partial charge in [0.2, 0.25) is 0 Å². The van der Waals surface area contributed by atoms with Crippen molar-refractivity contribution in [2.24, 2.45) is 5.73 Å². The van der Waals surface area contributed by atoms with E-state index in [1.807, 2.05) is 0 Å². The summed E-state index contributed by atoms with van der Waals surface area (Å²) in [6.45, 7) is 0.0976. The Kier molecular flexibility index (Phi) is 2.84. The Morgan fingerprint density at radius 2 is 2.06 bits per heavy atom. The molecular formula is C10H9F3N4. The minimum atomic E-state index is -4.48. The summed E-state index contributed by atoms with van der Waals surface area (Å²) in [6.07, 6.45) is -1.50. The third-order valence-electron chi connectivity index (χ3n) is 2.19. The van der Waals surface area contributed by atoms with E-state index in [1.54, 1.807) is 6.07 Å². The summed E-state index contributed by atoms with van der Waals surface area (Å²) in [5, 5.41) is 3.85. The SMILES string of the molecule is NCc1ccc(C(F)(F)F)nc1-n1cccn1. The lowest BCUT2D eigenvalue weighted by Crippen LogP contribution is -2.14. The summed E-state index contributed by atoms with van der Waals surface area (Å²) in [6, 6.07) is 3.82. The van der Waals surface area contributed by atoms with Gasteiger partial charge in [-0.05, 0) is 12.1 Å². The summed E-state index contributed by atoms with van der Waals surface area (Å²) in [5.74, 6) is 0.104. The molecule has 4 nitrogen and oxygen atoms in total. The first kappa shape index (κ1) is 11.6. The average Bonchev–Trinajstić information content (AvgIpc) is 2.80. The van der Waals surface area contributed by atoms with Gasteiger partial charge in [-0.3, -0.25) is 0 Å². The highest BCUT2D eigenvalue weighted by atomic mass is 19.4. The van der Waals surface area contributed by atoms with E-state index >= 15 is 0 Å². The maximum atomic E-state index is 12.5. The van der Waals surface area contributed by atoms with E-state index in [-0.39, 0.29) is 12.4 Å². The first-order chi connectivity index (χ1) is 8.02. The molecule has 0 atom stereocenters. The lowest BCUT2D eigenvalue weighted by molar-refractivity contribution is -0.141. The minimum Gasteiger partial charge on any atom is -0.326 e. The number of rotatable bonds is 2. The number of pyridine rings is 1. The molecule has 0 fully saturated rings. The number of nitrogens with zero attached hydrogens (tertiary/aromatic N) is 3. The quantitative estimate of drug-likeness (QED) is 0.872. The third-order valence-corrected chi connectivity index (χ3v) is 2.19. The molecule has 0 radical (unpaired) electrons. The van der Waals surface area contributed by atoms with Crippen LogP contribution in [0.3, 0.4) is 0 Å². The molecule has 0 aliphatic carbocycles. The smallest absolute Gasteiger partial charge is 0.326 e. The number of nitrogens with two attached hydrogens (primary N) is 1. The van der Waals surface area contributed by atoms with Crippen LogP contribution in [-0.2, 0) is 12.7 Å². The second kappa shape index (κ2) is 4.17. The van der Waals surface area contributed by atoms with Crippen molar-refractivity contribution in [1.29, 1.82) is 0 Å². The van der Waals surface area contributed by atoms with Gasteiger partial charge in [-0.2, -0.15) is 18.3 Å². The topological polar surface area (TPSA) is 56.7 Å². The summed E-state index contributed by atoms with van der Waals surface area (Å²) in [5.41, 5.74) is 5.00. The van der Waals surface area contributed by atoms with Gasteiger partial charge < -0.3 is 5.73 Å². The van der Waals surface area contributed by atoms with E-state index in [9.17, 15) is 13.2 Å². The second-order valence-electron chi connectivity index (χ2n) is 3.33. The second-order valence-corrected chi connectivity index (χ2v) is 3.33. The normalized spacial score (nSPS) is 11.8. The molecule has 0 amide bonds. The lowest BCUT2D eigenvalue weighted by atomic mass is 10.2. The summed E-state index contributed by atoms with van der Waals surface area (Å²) in [4.78, 5) is 3.55. The number of hydrogen-bond acceptors (Lipinski definition) is 3. The molecule has 90 valence electrons. The van der Waals surface area contributed by atoms with Crippen molar-refractivity contribution < 1.29 is 13.2 Å². The number of aromatic nitrogens is 3. The van der Waals surface area contributed by atoms with Crippen LogP contribution in [0.2, 0.25) is 0 Å². The van der Waals surface area contributed by atoms with Crippen LogP contribution in [0.15, 0.2) is 30.6 Å². The molecule has 2 heterocycles. The Bertz CT molecular complexity index is 505. The van der Waals surface area contributed by atoms with Gasteiger partial charge in [0.15, 0.2) is 5.82 Å². The molecule has 0 bridgehead atoms. The molecule has 2 rings (SSSR count). The van der Waals surface area contributed by atoms with E-state index in [1.165, 1.54) is 23.1 Å². The van der Waals surface area contributed by atoms with Crippen LogP contribution in [0.4, 0.5) is 13.2 Å². The van der Waals surface area contributed by atoms with Gasteiger partial charge >= 0.3 is 6.18 Å². The predicted octanol–water partition coefficient (Wildman–Crippen LogP) is 1.74.